The van der Waals surface area contributed by atoms with Crippen LogP contribution < -0.4 is 10.1 Å². The Balaban J connectivity index is 1.55. The molecule has 0 aliphatic rings. The third-order valence-corrected chi connectivity index (χ3v) is 4.69. The van der Waals surface area contributed by atoms with Crippen LogP contribution in [0.2, 0.25) is 0 Å². The van der Waals surface area contributed by atoms with E-state index in [1.165, 1.54) is 7.11 Å². The number of carbonyl (C=O) groups is 2. The van der Waals surface area contributed by atoms with Gasteiger partial charge in [-0.25, -0.2) is 9.59 Å². The van der Waals surface area contributed by atoms with Crippen molar-refractivity contribution in [3.8, 4) is 5.75 Å². The lowest BCUT2D eigenvalue weighted by molar-refractivity contribution is 0.0598. The molecule has 0 unspecified atom stereocenters. The number of rotatable bonds is 7. The minimum absolute atomic E-state index is 0.358. The second kappa shape index (κ2) is 10.7. The first-order valence-corrected chi connectivity index (χ1v) is 10.7. The SMILES string of the molecule is COC(=O)c1ccc(COc2cccc(Cc3ccc(NC(=O)OC(C)(C)C)cc3)c2)cc1. The number of nitrogens with one attached hydrogen (secondary N) is 1. The molecule has 0 atom stereocenters. The van der Waals surface area contributed by atoms with Gasteiger partial charge in [-0.15, -0.1) is 0 Å². The maximum absolute atomic E-state index is 11.9. The Hall–Kier alpha value is -3.80. The van der Waals surface area contributed by atoms with Crippen LogP contribution in [0.4, 0.5) is 10.5 Å². The van der Waals surface area contributed by atoms with E-state index in [1.54, 1.807) is 12.1 Å². The molecule has 6 nitrogen and oxygen atoms in total. The Kier molecular flexibility index (Phi) is 7.72. The summed E-state index contributed by atoms with van der Waals surface area (Å²) >= 11 is 0. The lowest BCUT2D eigenvalue weighted by atomic mass is 10.0. The average Bonchev–Trinajstić information content (AvgIpc) is 2.78. The van der Waals surface area contributed by atoms with E-state index in [9.17, 15) is 9.59 Å². The molecular weight excluding hydrogens is 418 g/mol. The predicted octanol–water partition coefficient (Wildman–Crippen LogP) is 5.99. The molecule has 6 heteroatoms. The van der Waals surface area contributed by atoms with Crippen LogP contribution in [0, 0.1) is 0 Å². The predicted molar refractivity (Wildman–Crippen MR) is 128 cm³/mol. The summed E-state index contributed by atoms with van der Waals surface area (Å²) in [4.78, 5) is 23.4. The normalized spacial score (nSPS) is 10.9. The lowest BCUT2D eigenvalue weighted by Gasteiger charge is -2.19. The van der Waals surface area contributed by atoms with Gasteiger partial charge in [0.25, 0.3) is 0 Å². The van der Waals surface area contributed by atoms with Crippen molar-refractivity contribution in [3.05, 3.63) is 95.1 Å². The minimum Gasteiger partial charge on any atom is -0.489 e. The van der Waals surface area contributed by atoms with Gasteiger partial charge in [0.15, 0.2) is 0 Å². The third-order valence-electron chi connectivity index (χ3n) is 4.69. The fourth-order valence-electron chi connectivity index (χ4n) is 3.13. The Bertz CT molecular complexity index is 1080. The van der Waals surface area contributed by atoms with Crippen LogP contribution in [0.5, 0.6) is 5.75 Å². The first-order valence-electron chi connectivity index (χ1n) is 10.7. The van der Waals surface area contributed by atoms with Gasteiger partial charge in [-0.05, 0) is 80.3 Å². The summed E-state index contributed by atoms with van der Waals surface area (Å²) in [6.07, 6.45) is 0.262. The molecule has 172 valence electrons. The smallest absolute Gasteiger partial charge is 0.412 e. The zero-order valence-electron chi connectivity index (χ0n) is 19.4. The Labute approximate surface area is 194 Å². The molecule has 0 saturated heterocycles. The van der Waals surface area contributed by atoms with Gasteiger partial charge >= 0.3 is 12.1 Å². The van der Waals surface area contributed by atoms with Crippen molar-refractivity contribution in [3.63, 3.8) is 0 Å². The van der Waals surface area contributed by atoms with Gasteiger partial charge in [-0.1, -0.05) is 36.4 Å². The number of esters is 1. The van der Waals surface area contributed by atoms with Gasteiger partial charge in [0, 0.05) is 5.69 Å². The van der Waals surface area contributed by atoms with Crippen molar-refractivity contribution >= 4 is 17.7 Å². The molecule has 1 amide bonds. The molecule has 33 heavy (non-hydrogen) atoms. The first kappa shape index (κ1) is 23.9. The van der Waals surface area contributed by atoms with E-state index in [1.807, 2.05) is 81.4 Å². The molecule has 0 aliphatic heterocycles. The summed E-state index contributed by atoms with van der Waals surface area (Å²) in [5.74, 6) is 0.414. The van der Waals surface area contributed by atoms with Crippen molar-refractivity contribution in [2.75, 3.05) is 12.4 Å². The van der Waals surface area contributed by atoms with Crippen molar-refractivity contribution in [2.45, 2.75) is 39.4 Å². The Morgan fingerprint density at radius 3 is 2.15 bits per heavy atom. The molecule has 0 aliphatic carbocycles. The molecule has 0 aromatic heterocycles. The summed E-state index contributed by atoms with van der Waals surface area (Å²) in [7, 11) is 1.36. The van der Waals surface area contributed by atoms with Crippen LogP contribution in [-0.2, 0) is 22.5 Å². The molecule has 0 fully saturated rings. The van der Waals surface area contributed by atoms with E-state index in [-0.39, 0.29) is 5.97 Å². The van der Waals surface area contributed by atoms with Gasteiger partial charge in [0.05, 0.1) is 12.7 Å². The number of ether oxygens (including phenoxy) is 3. The zero-order chi connectivity index (χ0) is 23.8. The molecule has 0 radical (unpaired) electrons. The molecule has 0 bridgehead atoms. The van der Waals surface area contributed by atoms with Gasteiger partial charge in [-0.2, -0.15) is 0 Å². The van der Waals surface area contributed by atoms with Crippen molar-refractivity contribution in [2.24, 2.45) is 0 Å². The summed E-state index contributed by atoms with van der Waals surface area (Å²) < 4.78 is 15.9. The number of benzene rings is 3. The van der Waals surface area contributed by atoms with Crippen molar-refractivity contribution in [1.82, 2.24) is 0 Å². The van der Waals surface area contributed by atoms with Gasteiger partial charge in [-0.3, -0.25) is 5.32 Å². The molecule has 3 aromatic rings. The highest BCUT2D eigenvalue weighted by Crippen LogP contribution is 2.20. The number of amides is 1. The summed E-state index contributed by atoms with van der Waals surface area (Å²) in [6, 6.07) is 22.8. The molecule has 0 spiro atoms. The highest BCUT2D eigenvalue weighted by molar-refractivity contribution is 5.89. The number of methoxy groups -OCH3 is 1. The van der Waals surface area contributed by atoms with Crippen molar-refractivity contribution < 1.29 is 23.8 Å². The second-order valence-electron chi connectivity index (χ2n) is 8.63. The number of carbonyl (C=O) groups excluding carboxylic acids is 2. The number of hydrogen-bond donors (Lipinski definition) is 1. The van der Waals surface area contributed by atoms with Crippen LogP contribution >= 0.6 is 0 Å². The summed E-state index contributed by atoms with van der Waals surface area (Å²) in [6.45, 7) is 5.88. The maximum Gasteiger partial charge on any atom is 0.412 e. The van der Waals surface area contributed by atoms with Crippen LogP contribution in [-0.4, -0.2) is 24.8 Å². The molecule has 3 aromatic carbocycles. The molecular formula is C27H29NO5. The van der Waals surface area contributed by atoms with Crippen molar-refractivity contribution in [1.29, 1.82) is 0 Å². The highest BCUT2D eigenvalue weighted by Gasteiger charge is 2.16. The summed E-state index contributed by atoms with van der Waals surface area (Å²) in [5.41, 5.74) is 3.84. The van der Waals surface area contributed by atoms with E-state index in [2.05, 4.69) is 5.32 Å². The van der Waals surface area contributed by atoms with Crippen LogP contribution in [0.3, 0.4) is 0 Å². The maximum atomic E-state index is 11.9. The van der Waals surface area contributed by atoms with Gasteiger partial charge in [0.2, 0.25) is 0 Å². The summed E-state index contributed by atoms with van der Waals surface area (Å²) in [5, 5.41) is 2.74. The molecule has 1 N–H and O–H groups in total. The monoisotopic (exact) mass is 447 g/mol. The van der Waals surface area contributed by atoms with E-state index < -0.39 is 11.7 Å². The molecule has 0 saturated carbocycles. The highest BCUT2D eigenvalue weighted by atomic mass is 16.6. The van der Waals surface area contributed by atoms with E-state index >= 15 is 0 Å². The topological polar surface area (TPSA) is 73.9 Å². The average molecular weight is 448 g/mol. The lowest BCUT2D eigenvalue weighted by Crippen LogP contribution is -2.27. The minimum atomic E-state index is -0.538. The molecule has 0 heterocycles. The first-order chi connectivity index (χ1) is 15.7. The largest absolute Gasteiger partial charge is 0.489 e. The number of hydrogen-bond acceptors (Lipinski definition) is 5. The van der Waals surface area contributed by atoms with Gasteiger partial charge in [0.1, 0.15) is 18.0 Å². The fourth-order valence-corrected chi connectivity index (χ4v) is 3.13. The Morgan fingerprint density at radius 2 is 1.52 bits per heavy atom. The number of anilines is 1. The van der Waals surface area contributed by atoms with Crippen LogP contribution in [0.15, 0.2) is 72.8 Å². The third kappa shape index (κ3) is 7.68. The van der Waals surface area contributed by atoms with E-state index in [4.69, 9.17) is 14.2 Å². The van der Waals surface area contributed by atoms with Gasteiger partial charge < -0.3 is 14.2 Å². The Morgan fingerprint density at radius 1 is 0.848 bits per heavy atom. The standard InChI is InChI=1S/C27H29NO5/c1-27(2,3)33-26(30)28-23-14-10-19(11-15-23)16-21-6-5-7-24(17-21)32-18-20-8-12-22(13-9-20)25(29)31-4/h5-15,17H,16,18H2,1-4H3,(H,28,30). The van der Waals surface area contributed by atoms with Crippen LogP contribution in [0.25, 0.3) is 0 Å². The van der Waals surface area contributed by atoms with E-state index in [0.717, 1.165) is 28.9 Å². The second-order valence-corrected chi connectivity index (χ2v) is 8.63. The van der Waals surface area contributed by atoms with E-state index in [0.29, 0.717) is 17.9 Å². The molecule has 3 rings (SSSR count). The van der Waals surface area contributed by atoms with Crippen LogP contribution in [0.1, 0.15) is 47.8 Å². The fraction of sp³-hybridized carbons (Fsp3) is 0.259. The zero-order valence-corrected chi connectivity index (χ0v) is 19.4. The quantitative estimate of drug-likeness (QED) is 0.450.